The Morgan fingerprint density at radius 1 is 0.878 bits per heavy atom. The highest BCUT2D eigenvalue weighted by Gasteiger charge is 2.31. The summed E-state index contributed by atoms with van der Waals surface area (Å²) in [5, 5.41) is 18.7. The molecule has 0 N–H and O–H groups in total. The van der Waals surface area contributed by atoms with Gasteiger partial charge >= 0.3 is 23.9 Å². The molecule has 2 rings (SSSR count). The Hall–Kier alpha value is -4.40. The number of nitrogens with zero attached hydrogens (tertiary/aromatic N) is 2. The smallest absolute Gasteiger partial charge is 0.344 e. The highest BCUT2D eigenvalue weighted by atomic mass is 32.2. The maximum Gasteiger partial charge on any atom is 0.344 e. The standard InChI is InChI=1S/C27H26N2O10S2/c1-6-20(30)38-16(4)11-35-22(32)13-34-19-8-15(3)24(26-25(19)40-27(41-26)18(9-28)10-29)37-14-23(33)36-12-17(5)39-21(31)7-2/h6-8,16-17H,1-2,11-14H2,3-5H3. The Kier molecular flexibility index (Phi) is 12.8. The molecule has 2 unspecified atom stereocenters. The summed E-state index contributed by atoms with van der Waals surface area (Å²) in [7, 11) is 0. The minimum absolute atomic E-state index is 0.129. The second-order valence-corrected chi connectivity index (χ2v) is 10.4. The van der Waals surface area contributed by atoms with Crippen molar-refractivity contribution in [3.63, 3.8) is 0 Å². The summed E-state index contributed by atoms with van der Waals surface area (Å²) in [5.41, 5.74) is 0.402. The van der Waals surface area contributed by atoms with Gasteiger partial charge in [0.15, 0.2) is 13.2 Å². The number of nitriles is 2. The van der Waals surface area contributed by atoms with E-state index in [1.165, 1.54) is 0 Å². The Labute approximate surface area is 244 Å². The van der Waals surface area contributed by atoms with Crippen LogP contribution in [-0.4, -0.2) is 62.5 Å². The molecule has 14 heteroatoms. The first kappa shape index (κ1) is 32.8. The maximum atomic E-state index is 12.3. The fourth-order valence-corrected chi connectivity index (χ4v) is 5.54. The summed E-state index contributed by atoms with van der Waals surface area (Å²) in [5.74, 6) is -2.20. The number of benzene rings is 1. The molecule has 2 atom stereocenters. The van der Waals surface area contributed by atoms with Gasteiger partial charge in [0.25, 0.3) is 0 Å². The molecule has 0 spiro atoms. The minimum Gasteiger partial charge on any atom is -0.481 e. The quantitative estimate of drug-likeness (QED) is 0.131. The molecular formula is C27H26N2O10S2. The largest absolute Gasteiger partial charge is 0.481 e. The van der Waals surface area contributed by atoms with Gasteiger partial charge in [-0.05, 0) is 32.4 Å². The van der Waals surface area contributed by atoms with E-state index in [9.17, 15) is 29.7 Å². The van der Waals surface area contributed by atoms with Crippen molar-refractivity contribution in [3.8, 4) is 23.6 Å². The third kappa shape index (κ3) is 9.94. The van der Waals surface area contributed by atoms with Crippen molar-refractivity contribution < 1.29 is 47.6 Å². The van der Waals surface area contributed by atoms with Gasteiger partial charge < -0.3 is 28.4 Å². The van der Waals surface area contributed by atoms with Crippen molar-refractivity contribution in [2.75, 3.05) is 26.4 Å². The van der Waals surface area contributed by atoms with Crippen LogP contribution < -0.4 is 9.47 Å². The highest BCUT2D eigenvalue weighted by Crippen LogP contribution is 2.59. The summed E-state index contributed by atoms with van der Waals surface area (Å²) >= 11 is 2.16. The number of ether oxygens (including phenoxy) is 6. The summed E-state index contributed by atoms with van der Waals surface area (Å²) in [4.78, 5) is 47.9. The number of allylic oxidation sites excluding steroid dienone is 1. The molecule has 1 aliphatic rings. The molecule has 0 aromatic heterocycles. The highest BCUT2D eigenvalue weighted by molar-refractivity contribution is 8.24. The van der Waals surface area contributed by atoms with Gasteiger partial charge in [0, 0.05) is 12.2 Å². The molecule has 1 aromatic carbocycles. The second-order valence-electron chi connectivity index (χ2n) is 8.12. The lowest BCUT2D eigenvalue weighted by atomic mass is 10.2. The average molecular weight is 603 g/mol. The van der Waals surface area contributed by atoms with Crippen LogP contribution in [0.25, 0.3) is 0 Å². The van der Waals surface area contributed by atoms with Crippen molar-refractivity contribution in [2.45, 2.75) is 42.8 Å². The molecular weight excluding hydrogens is 576 g/mol. The third-order valence-electron chi connectivity index (χ3n) is 4.77. The monoisotopic (exact) mass is 602 g/mol. The summed E-state index contributed by atoms with van der Waals surface area (Å²) in [6.07, 6.45) is 0.597. The van der Waals surface area contributed by atoms with Crippen LogP contribution in [0.2, 0.25) is 0 Å². The van der Waals surface area contributed by atoms with Crippen molar-refractivity contribution in [2.24, 2.45) is 0 Å². The van der Waals surface area contributed by atoms with Crippen molar-refractivity contribution in [1.29, 1.82) is 10.5 Å². The predicted octanol–water partition coefficient (Wildman–Crippen LogP) is 3.53. The lowest BCUT2D eigenvalue weighted by Gasteiger charge is -2.17. The molecule has 1 aromatic rings. The molecule has 0 amide bonds. The van der Waals surface area contributed by atoms with E-state index in [1.54, 1.807) is 26.8 Å². The van der Waals surface area contributed by atoms with Gasteiger partial charge in [0.1, 0.15) is 54.6 Å². The molecule has 0 saturated heterocycles. The van der Waals surface area contributed by atoms with Crippen LogP contribution >= 0.6 is 23.5 Å². The number of carbonyl (C=O) groups is 4. The van der Waals surface area contributed by atoms with E-state index in [1.807, 2.05) is 12.1 Å². The van der Waals surface area contributed by atoms with E-state index in [4.69, 9.17) is 28.4 Å². The lowest BCUT2D eigenvalue weighted by Crippen LogP contribution is -2.24. The van der Waals surface area contributed by atoms with Gasteiger partial charge in [-0.2, -0.15) is 10.5 Å². The Morgan fingerprint density at radius 3 is 1.85 bits per heavy atom. The lowest BCUT2D eigenvalue weighted by molar-refractivity contribution is -0.156. The molecule has 0 radical (unpaired) electrons. The molecule has 1 heterocycles. The Bertz CT molecular complexity index is 1330. The molecule has 12 nitrogen and oxygen atoms in total. The van der Waals surface area contributed by atoms with Crippen molar-refractivity contribution >= 4 is 47.4 Å². The fourth-order valence-electron chi connectivity index (χ4n) is 2.95. The van der Waals surface area contributed by atoms with Crippen LogP contribution in [0, 0.1) is 29.6 Å². The first-order valence-electron chi connectivity index (χ1n) is 11.8. The van der Waals surface area contributed by atoms with Gasteiger partial charge in [0.2, 0.25) is 0 Å². The number of aryl methyl sites for hydroxylation is 1. The maximum absolute atomic E-state index is 12.3. The Balaban J connectivity index is 2.14. The molecule has 0 saturated carbocycles. The molecule has 0 aliphatic carbocycles. The summed E-state index contributed by atoms with van der Waals surface area (Å²) in [6.45, 7) is 10.0. The molecule has 41 heavy (non-hydrogen) atoms. The first-order valence-corrected chi connectivity index (χ1v) is 13.5. The molecule has 1 aliphatic heterocycles. The van der Waals surface area contributed by atoms with Crippen LogP contribution in [0.5, 0.6) is 11.5 Å². The number of thioether (sulfide) groups is 2. The normalized spacial score (nSPS) is 12.8. The number of rotatable bonds is 14. The van der Waals surface area contributed by atoms with Gasteiger partial charge in [0.05, 0.1) is 14.0 Å². The van der Waals surface area contributed by atoms with Crippen molar-refractivity contribution in [1.82, 2.24) is 0 Å². The topological polar surface area (TPSA) is 171 Å². The van der Waals surface area contributed by atoms with E-state index in [-0.39, 0.29) is 24.5 Å². The number of fused-ring (bicyclic) bond motifs is 1. The van der Waals surface area contributed by atoms with E-state index in [0.29, 0.717) is 25.3 Å². The van der Waals surface area contributed by atoms with Gasteiger partial charge in [-0.1, -0.05) is 36.7 Å². The van der Waals surface area contributed by atoms with Gasteiger partial charge in [-0.15, -0.1) is 0 Å². The minimum atomic E-state index is -0.727. The van der Waals surface area contributed by atoms with E-state index in [0.717, 1.165) is 35.7 Å². The van der Waals surface area contributed by atoms with Crippen LogP contribution in [0.15, 0.2) is 51.0 Å². The van der Waals surface area contributed by atoms with Crippen LogP contribution in [0.4, 0.5) is 0 Å². The zero-order chi connectivity index (χ0) is 30.5. The van der Waals surface area contributed by atoms with Crippen LogP contribution in [-0.2, 0) is 38.1 Å². The molecule has 0 bridgehead atoms. The number of hydrogen-bond acceptors (Lipinski definition) is 14. The van der Waals surface area contributed by atoms with E-state index >= 15 is 0 Å². The molecule has 0 fully saturated rings. The zero-order valence-corrected chi connectivity index (χ0v) is 24.1. The van der Waals surface area contributed by atoms with Crippen LogP contribution in [0.3, 0.4) is 0 Å². The summed E-state index contributed by atoms with van der Waals surface area (Å²) in [6, 6.07) is 5.25. The van der Waals surface area contributed by atoms with Crippen LogP contribution in [0.1, 0.15) is 19.4 Å². The zero-order valence-electron chi connectivity index (χ0n) is 22.4. The number of esters is 4. The van der Waals surface area contributed by atoms with Gasteiger partial charge in [-0.25, -0.2) is 19.2 Å². The fraction of sp³-hybridized carbons (Fsp3) is 0.333. The van der Waals surface area contributed by atoms with Gasteiger partial charge in [-0.3, -0.25) is 0 Å². The first-order chi connectivity index (χ1) is 19.5. The number of hydrogen-bond donors (Lipinski definition) is 0. The van der Waals surface area contributed by atoms with E-state index in [2.05, 4.69) is 13.2 Å². The van der Waals surface area contributed by atoms with E-state index < -0.39 is 49.3 Å². The molecule has 216 valence electrons. The Morgan fingerprint density at radius 2 is 1.37 bits per heavy atom. The van der Waals surface area contributed by atoms with Crippen molar-refractivity contribution in [3.05, 3.63) is 46.8 Å². The summed E-state index contributed by atoms with van der Waals surface area (Å²) < 4.78 is 31.8. The SMILES string of the molecule is C=CC(=O)OC(C)COC(=O)COc1cc(C)c(OCC(=O)OCC(C)OC(=O)C=C)c2c1SC(=C(C#N)C#N)S2. The second kappa shape index (κ2) is 16.0. The third-order valence-corrected chi connectivity index (χ3v) is 7.38. The number of carbonyl (C=O) groups excluding carboxylic acids is 4. The average Bonchev–Trinajstić information content (AvgIpc) is 3.38. The predicted molar refractivity (Wildman–Crippen MR) is 146 cm³/mol.